The second-order valence-corrected chi connectivity index (χ2v) is 6.34. The van der Waals surface area contributed by atoms with E-state index in [1.165, 1.54) is 6.08 Å². The molecule has 0 atom stereocenters. The normalized spacial score (nSPS) is 10.4. The lowest BCUT2D eigenvalue weighted by Gasteiger charge is -2.08. The third-order valence-electron chi connectivity index (χ3n) is 3.39. The highest BCUT2D eigenvalue weighted by atomic mass is 79.9. The van der Waals surface area contributed by atoms with Crippen LogP contribution in [0.2, 0.25) is 0 Å². The molecule has 0 radical (unpaired) electrons. The van der Waals surface area contributed by atoms with Crippen molar-refractivity contribution in [1.82, 2.24) is 10.9 Å². The van der Waals surface area contributed by atoms with Gasteiger partial charge in [-0.1, -0.05) is 34.1 Å². The number of hydrogen-bond acceptors (Lipinski definition) is 5. The molecule has 2 aromatic rings. The topological polar surface area (TPSA) is 93.7 Å². The van der Waals surface area contributed by atoms with Crippen LogP contribution in [0, 0.1) is 0 Å². The standard InChI is InChI=1S/C20H19BrN2O5/c1-2-27-17-6-4-3-5-14(17)9-12-19(25)28-13-18(24)22-23-20(26)15-7-10-16(21)11-8-15/h3-12H,2,13H2,1H3,(H,22,24)(H,23,26)/b12-9+. The van der Waals surface area contributed by atoms with Crippen molar-refractivity contribution in [2.45, 2.75) is 6.92 Å². The molecule has 8 heteroatoms. The van der Waals surface area contributed by atoms with Crippen LogP contribution in [0.25, 0.3) is 6.08 Å². The van der Waals surface area contributed by atoms with Gasteiger partial charge in [0.15, 0.2) is 6.61 Å². The Bertz CT molecular complexity index is 865. The number of hydrogen-bond donors (Lipinski definition) is 2. The van der Waals surface area contributed by atoms with E-state index in [1.54, 1.807) is 42.5 Å². The average Bonchev–Trinajstić information content (AvgIpc) is 2.70. The Labute approximate surface area is 170 Å². The lowest BCUT2D eigenvalue weighted by atomic mass is 10.2. The van der Waals surface area contributed by atoms with E-state index in [0.29, 0.717) is 23.5 Å². The summed E-state index contributed by atoms with van der Waals surface area (Å²) in [5.74, 6) is -1.20. The van der Waals surface area contributed by atoms with E-state index in [0.717, 1.165) is 4.47 Å². The number of ether oxygens (including phenoxy) is 2. The molecular weight excluding hydrogens is 428 g/mol. The third-order valence-corrected chi connectivity index (χ3v) is 3.91. The van der Waals surface area contributed by atoms with Crippen molar-refractivity contribution in [2.75, 3.05) is 13.2 Å². The highest BCUT2D eigenvalue weighted by Crippen LogP contribution is 2.19. The largest absolute Gasteiger partial charge is 0.493 e. The fraction of sp³-hybridized carbons (Fsp3) is 0.150. The number of carbonyl (C=O) groups excluding carboxylic acids is 3. The molecule has 0 aliphatic rings. The monoisotopic (exact) mass is 446 g/mol. The van der Waals surface area contributed by atoms with Crippen molar-refractivity contribution >= 4 is 39.8 Å². The van der Waals surface area contributed by atoms with E-state index < -0.39 is 24.4 Å². The average molecular weight is 447 g/mol. The van der Waals surface area contributed by atoms with Crippen molar-refractivity contribution in [3.63, 3.8) is 0 Å². The van der Waals surface area contributed by atoms with Gasteiger partial charge in [0.25, 0.3) is 11.8 Å². The maximum absolute atomic E-state index is 11.9. The van der Waals surface area contributed by atoms with Gasteiger partial charge in [0.2, 0.25) is 0 Å². The summed E-state index contributed by atoms with van der Waals surface area (Å²) in [6, 6.07) is 13.8. The number of esters is 1. The lowest BCUT2D eigenvalue weighted by Crippen LogP contribution is -2.43. The maximum Gasteiger partial charge on any atom is 0.331 e. The Morgan fingerprint density at radius 2 is 1.75 bits per heavy atom. The second-order valence-electron chi connectivity index (χ2n) is 5.42. The van der Waals surface area contributed by atoms with E-state index in [4.69, 9.17) is 9.47 Å². The molecule has 0 saturated carbocycles. The lowest BCUT2D eigenvalue weighted by molar-refractivity contribution is -0.144. The van der Waals surface area contributed by atoms with E-state index in [-0.39, 0.29) is 0 Å². The van der Waals surface area contributed by atoms with Gasteiger partial charge in [-0.2, -0.15) is 0 Å². The molecular formula is C20H19BrN2O5. The van der Waals surface area contributed by atoms with Crippen LogP contribution in [0.15, 0.2) is 59.1 Å². The molecule has 0 saturated heterocycles. The molecule has 2 rings (SSSR count). The fourth-order valence-corrected chi connectivity index (χ4v) is 2.35. The summed E-state index contributed by atoms with van der Waals surface area (Å²) in [5.41, 5.74) is 5.51. The molecule has 2 N–H and O–H groups in total. The Morgan fingerprint density at radius 3 is 2.46 bits per heavy atom. The summed E-state index contributed by atoms with van der Waals surface area (Å²) in [6.45, 7) is 1.83. The van der Waals surface area contributed by atoms with Gasteiger partial charge in [0.1, 0.15) is 5.75 Å². The predicted octanol–water partition coefficient (Wildman–Crippen LogP) is 2.87. The summed E-state index contributed by atoms with van der Waals surface area (Å²) in [7, 11) is 0. The van der Waals surface area contributed by atoms with Gasteiger partial charge in [-0.05, 0) is 43.3 Å². The molecule has 2 amide bonds. The molecule has 0 unspecified atom stereocenters. The summed E-state index contributed by atoms with van der Waals surface area (Å²) in [5, 5.41) is 0. The first kappa shape index (κ1) is 21.2. The molecule has 2 aromatic carbocycles. The smallest absolute Gasteiger partial charge is 0.331 e. The summed E-state index contributed by atoms with van der Waals surface area (Å²) in [6.07, 6.45) is 2.74. The first-order valence-electron chi connectivity index (χ1n) is 8.41. The number of nitrogens with one attached hydrogen (secondary N) is 2. The van der Waals surface area contributed by atoms with Crippen molar-refractivity contribution in [1.29, 1.82) is 0 Å². The third kappa shape index (κ3) is 6.88. The molecule has 0 aromatic heterocycles. The molecule has 0 aliphatic carbocycles. The van der Waals surface area contributed by atoms with E-state index in [1.807, 2.05) is 19.1 Å². The Kier molecular flexibility index (Phi) is 8.23. The van der Waals surface area contributed by atoms with Crippen LogP contribution in [0.5, 0.6) is 5.75 Å². The van der Waals surface area contributed by atoms with Crippen LogP contribution >= 0.6 is 15.9 Å². The number of hydrazine groups is 1. The molecule has 0 heterocycles. The minimum Gasteiger partial charge on any atom is -0.493 e. The zero-order valence-electron chi connectivity index (χ0n) is 15.1. The van der Waals surface area contributed by atoms with E-state index in [9.17, 15) is 14.4 Å². The van der Waals surface area contributed by atoms with Gasteiger partial charge >= 0.3 is 5.97 Å². The van der Waals surface area contributed by atoms with Gasteiger partial charge in [0.05, 0.1) is 6.61 Å². The number of halogens is 1. The zero-order chi connectivity index (χ0) is 20.4. The number of amides is 2. The highest BCUT2D eigenvalue weighted by molar-refractivity contribution is 9.10. The SMILES string of the molecule is CCOc1ccccc1/C=C/C(=O)OCC(=O)NNC(=O)c1ccc(Br)cc1. The molecule has 0 aliphatic heterocycles. The summed E-state index contributed by atoms with van der Waals surface area (Å²) >= 11 is 3.27. The number of benzene rings is 2. The van der Waals surface area contributed by atoms with Crippen molar-refractivity contribution in [3.05, 3.63) is 70.2 Å². The van der Waals surface area contributed by atoms with Crippen molar-refractivity contribution in [2.24, 2.45) is 0 Å². The summed E-state index contributed by atoms with van der Waals surface area (Å²) in [4.78, 5) is 35.3. The minimum absolute atomic E-state index is 0.372. The van der Waals surface area contributed by atoms with Crippen LogP contribution in [0.4, 0.5) is 0 Å². The first-order chi connectivity index (χ1) is 13.5. The molecule has 28 heavy (non-hydrogen) atoms. The molecule has 0 bridgehead atoms. The zero-order valence-corrected chi connectivity index (χ0v) is 16.7. The molecule has 0 fully saturated rings. The molecule has 7 nitrogen and oxygen atoms in total. The first-order valence-corrected chi connectivity index (χ1v) is 9.20. The number of rotatable bonds is 7. The molecule has 146 valence electrons. The number of carbonyl (C=O) groups is 3. The Balaban J connectivity index is 1.77. The van der Waals surface area contributed by atoms with Gasteiger partial charge in [-0.3, -0.25) is 20.4 Å². The predicted molar refractivity (Wildman–Crippen MR) is 107 cm³/mol. The fourth-order valence-electron chi connectivity index (χ4n) is 2.08. The van der Waals surface area contributed by atoms with Crippen LogP contribution in [-0.4, -0.2) is 31.0 Å². The molecule has 0 spiro atoms. The minimum atomic E-state index is -0.694. The van der Waals surface area contributed by atoms with Gasteiger partial charge in [-0.25, -0.2) is 4.79 Å². The highest BCUT2D eigenvalue weighted by Gasteiger charge is 2.09. The van der Waals surface area contributed by atoms with E-state index >= 15 is 0 Å². The van der Waals surface area contributed by atoms with Crippen LogP contribution < -0.4 is 15.6 Å². The summed E-state index contributed by atoms with van der Waals surface area (Å²) < 4.78 is 11.1. The quantitative estimate of drug-likeness (QED) is 0.387. The second kappa shape index (κ2) is 10.9. The van der Waals surface area contributed by atoms with Crippen molar-refractivity contribution in [3.8, 4) is 5.75 Å². The Hall–Kier alpha value is -3.13. The van der Waals surface area contributed by atoms with Crippen LogP contribution in [0.1, 0.15) is 22.8 Å². The Morgan fingerprint density at radius 1 is 1.04 bits per heavy atom. The number of para-hydroxylation sites is 1. The maximum atomic E-state index is 11.9. The van der Waals surface area contributed by atoms with Crippen molar-refractivity contribution < 1.29 is 23.9 Å². The van der Waals surface area contributed by atoms with Crippen LogP contribution in [0.3, 0.4) is 0 Å². The van der Waals surface area contributed by atoms with Crippen LogP contribution in [-0.2, 0) is 14.3 Å². The van der Waals surface area contributed by atoms with Gasteiger partial charge in [-0.15, -0.1) is 0 Å². The van der Waals surface area contributed by atoms with Gasteiger partial charge < -0.3 is 9.47 Å². The van der Waals surface area contributed by atoms with Gasteiger partial charge in [0, 0.05) is 21.7 Å². The van der Waals surface area contributed by atoms with E-state index in [2.05, 4.69) is 26.8 Å².